The summed E-state index contributed by atoms with van der Waals surface area (Å²) < 4.78 is 11.4. The molecule has 3 aromatic rings. The van der Waals surface area contributed by atoms with Gasteiger partial charge in [-0.3, -0.25) is 9.59 Å². The van der Waals surface area contributed by atoms with Crippen molar-refractivity contribution in [1.29, 1.82) is 0 Å². The molecule has 1 atom stereocenters. The second kappa shape index (κ2) is 9.88. The second-order valence-corrected chi connectivity index (χ2v) is 12.1. The van der Waals surface area contributed by atoms with Crippen molar-refractivity contribution in [2.24, 2.45) is 11.3 Å². The van der Waals surface area contributed by atoms with Crippen LogP contribution in [0.4, 0.5) is 0 Å². The van der Waals surface area contributed by atoms with Gasteiger partial charge in [0.25, 0.3) is 11.5 Å². The fourth-order valence-electron chi connectivity index (χ4n) is 5.37. The molecular formula is C28H35N3O4S. The van der Waals surface area contributed by atoms with Gasteiger partial charge in [-0.1, -0.05) is 20.8 Å². The largest absolute Gasteiger partial charge is 0.493 e. The zero-order chi connectivity index (χ0) is 25.4. The van der Waals surface area contributed by atoms with Crippen LogP contribution in [-0.4, -0.2) is 47.6 Å². The van der Waals surface area contributed by atoms with Crippen molar-refractivity contribution in [3.63, 3.8) is 0 Å². The maximum atomic E-state index is 13.1. The Labute approximate surface area is 215 Å². The minimum absolute atomic E-state index is 0.00682. The molecule has 5 rings (SSSR count). The van der Waals surface area contributed by atoms with Crippen LogP contribution >= 0.6 is 11.3 Å². The minimum atomic E-state index is -0.0897. The molecule has 8 heteroatoms. The molecule has 192 valence electrons. The van der Waals surface area contributed by atoms with Crippen molar-refractivity contribution in [3.05, 3.63) is 39.0 Å². The molecule has 1 saturated heterocycles. The van der Waals surface area contributed by atoms with E-state index in [4.69, 9.17) is 14.5 Å². The number of piperidine rings is 1. The number of aryl methyl sites for hydroxylation is 1. The number of methoxy groups -OCH3 is 1. The number of hydrogen-bond acceptors (Lipinski definition) is 6. The molecule has 0 radical (unpaired) electrons. The number of aromatic nitrogens is 2. The first-order valence-electron chi connectivity index (χ1n) is 12.9. The lowest BCUT2D eigenvalue weighted by molar-refractivity contribution is -0.134. The van der Waals surface area contributed by atoms with Gasteiger partial charge in [0.05, 0.1) is 12.5 Å². The molecule has 0 bridgehead atoms. The van der Waals surface area contributed by atoms with E-state index in [9.17, 15) is 9.59 Å². The highest BCUT2D eigenvalue weighted by Gasteiger charge is 2.31. The quantitative estimate of drug-likeness (QED) is 0.511. The average molecular weight is 510 g/mol. The predicted octanol–water partition coefficient (Wildman–Crippen LogP) is 5.20. The van der Waals surface area contributed by atoms with E-state index in [1.165, 1.54) is 16.9 Å². The van der Waals surface area contributed by atoms with Gasteiger partial charge in [-0.05, 0) is 73.6 Å². The van der Waals surface area contributed by atoms with Crippen LogP contribution in [0.3, 0.4) is 0 Å². The first-order valence-corrected chi connectivity index (χ1v) is 13.7. The summed E-state index contributed by atoms with van der Waals surface area (Å²) >= 11 is 1.65. The molecule has 1 amide bonds. The van der Waals surface area contributed by atoms with Gasteiger partial charge in [-0.2, -0.15) is 0 Å². The zero-order valence-corrected chi connectivity index (χ0v) is 22.4. The first kappa shape index (κ1) is 24.8. The molecular weight excluding hydrogens is 474 g/mol. The first-order chi connectivity index (χ1) is 17.2. The number of fused-ring (bicyclic) bond motifs is 3. The Balaban J connectivity index is 1.39. The van der Waals surface area contributed by atoms with Gasteiger partial charge >= 0.3 is 0 Å². The smallest absolute Gasteiger partial charge is 0.260 e. The molecule has 1 N–H and O–H groups in total. The van der Waals surface area contributed by atoms with E-state index in [1.54, 1.807) is 30.6 Å². The van der Waals surface area contributed by atoms with E-state index in [1.807, 2.05) is 11.0 Å². The lowest BCUT2D eigenvalue weighted by atomic mass is 9.72. The number of carbonyl (C=O) groups is 1. The second-order valence-electron chi connectivity index (χ2n) is 11.0. The molecule has 2 aliphatic rings. The normalized spacial score (nSPS) is 18.2. The Morgan fingerprint density at radius 2 is 1.97 bits per heavy atom. The van der Waals surface area contributed by atoms with Crippen LogP contribution in [-0.2, 0) is 17.6 Å². The Kier molecular flexibility index (Phi) is 6.81. The van der Waals surface area contributed by atoms with Crippen LogP contribution in [0.1, 0.15) is 56.9 Å². The van der Waals surface area contributed by atoms with Crippen LogP contribution in [0.25, 0.3) is 21.6 Å². The number of rotatable bonds is 5. The zero-order valence-electron chi connectivity index (χ0n) is 21.6. The van der Waals surface area contributed by atoms with Gasteiger partial charge in [-0.15, -0.1) is 11.3 Å². The number of thiophene rings is 1. The van der Waals surface area contributed by atoms with Crippen molar-refractivity contribution >= 4 is 27.5 Å². The average Bonchev–Trinajstić information content (AvgIpc) is 3.25. The van der Waals surface area contributed by atoms with Crippen LogP contribution in [0.2, 0.25) is 0 Å². The van der Waals surface area contributed by atoms with Crippen LogP contribution in [0.5, 0.6) is 11.5 Å². The summed E-state index contributed by atoms with van der Waals surface area (Å²) in [4.78, 5) is 37.4. The van der Waals surface area contributed by atoms with Crippen LogP contribution in [0.15, 0.2) is 23.0 Å². The van der Waals surface area contributed by atoms with E-state index < -0.39 is 0 Å². The summed E-state index contributed by atoms with van der Waals surface area (Å²) in [5.74, 6) is 2.10. The maximum absolute atomic E-state index is 13.1. The lowest BCUT2D eigenvalue weighted by Crippen LogP contribution is -2.38. The van der Waals surface area contributed by atoms with Crippen molar-refractivity contribution in [3.8, 4) is 22.9 Å². The summed E-state index contributed by atoms with van der Waals surface area (Å²) in [6, 6.07) is 5.42. The van der Waals surface area contributed by atoms with Crippen molar-refractivity contribution in [2.45, 2.75) is 59.3 Å². The number of H-pyrrole nitrogens is 1. The van der Waals surface area contributed by atoms with E-state index in [-0.39, 0.29) is 23.5 Å². The highest BCUT2D eigenvalue weighted by atomic mass is 32.1. The van der Waals surface area contributed by atoms with Crippen LogP contribution in [0, 0.1) is 11.3 Å². The highest BCUT2D eigenvalue weighted by Crippen LogP contribution is 2.42. The number of nitrogens with one attached hydrogen (secondary N) is 1. The number of benzene rings is 1. The third-order valence-corrected chi connectivity index (χ3v) is 8.79. The summed E-state index contributed by atoms with van der Waals surface area (Å²) in [5.41, 5.74) is 2.07. The van der Waals surface area contributed by atoms with Crippen molar-refractivity contribution in [2.75, 3.05) is 26.8 Å². The number of likely N-dealkylation sites (tertiary alicyclic amines) is 1. The van der Waals surface area contributed by atoms with Gasteiger partial charge in [0, 0.05) is 23.5 Å². The van der Waals surface area contributed by atoms with Gasteiger partial charge in [0.2, 0.25) is 0 Å². The molecule has 1 unspecified atom stereocenters. The molecule has 0 spiro atoms. The van der Waals surface area contributed by atoms with E-state index in [0.717, 1.165) is 61.0 Å². The number of aromatic amines is 1. The summed E-state index contributed by atoms with van der Waals surface area (Å²) in [7, 11) is 1.57. The number of nitrogens with zero attached hydrogens (tertiary/aromatic N) is 2. The Bertz CT molecular complexity index is 1330. The van der Waals surface area contributed by atoms with E-state index >= 15 is 0 Å². The minimum Gasteiger partial charge on any atom is -0.493 e. The van der Waals surface area contributed by atoms with Crippen molar-refractivity contribution in [1.82, 2.24) is 14.9 Å². The fourth-order valence-corrected chi connectivity index (χ4v) is 6.67. The third kappa shape index (κ3) is 4.88. The summed E-state index contributed by atoms with van der Waals surface area (Å²) in [6.45, 7) is 8.45. The topological polar surface area (TPSA) is 84.5 Å². The Morgan fingerprint density at radius 3 is 2.69 bits per heavy atom. The Morgan fingerprint density at radius 1 is 1.19 bits per heavy atom. The summed E-state index contributed by atoms with van der Waals surface area (Å²) in [6.07, 6.45) is 6.30. The molecule has 1 fully saturated rings. The predicted molar refractivity (Wildman–Crippen MR) is 143 cm³/mol. The lowest BCUT2D eigenvalue weighted by Gasteiger charge is -2.33. The number of hydrogen-bond donors (Lipinski definition) is 1. The summed E-state index contributed by atoms with van der Waals surface area (Å²) in [5, 5.41) is 0.745. The monoisotopic (exact) mass is 509 g/mol. The van der Waals surface area contributed by atoms with E-state index in [2.05, 4.69) is 25.8 Å². The molecule has 0 saturated carbocycles. The fraction of sp³-hybridized carbons (Fsp3) is 0.536. The van der Waals surface area contributed by atoms with Gasteiger partial charge < -0.3 is 19.4 Å². The maximum Gasteiger partial charge on any atom is 0.260 e. The van der Waals surface area contributed by atoms with Crippen molar-refractivity contribution < 1.29 is 14.3 Å². The molecule has 36 heavy (non-hydrogen) atoms. The Hall–Kier alpha value is -2.87. The number of ether oxygens (including phenoxy) is 2. The van der Waals surface area contributed by atoms with E-state index in [0.29, 0.717) is 23.2 Å². The molecule has 1 aliphatic carbocycles. The van der Waals surface area contributed by atoms with Gasteiger partial charge in [0.15, 0.2) is 18.1 Å². The molecule has 2 aromatic heterocycles. The molecule has 1 aromatic carbocycles. The molecule has 7 nitrogen and oxygen atoms in total. The highest BCUT2D eigenvalue weighted by molar-refractivity contribution is 7.18. The molecule has 1 aliphatic heterocycles. The van der Waals surface area contributed by atoms with Gasteiger partial charge in [0.1, 0.15) is 10.7 Å². The third-order valence-electron chi connectivity index (χ3n) is 7.64. The molecule has 3 heterocycles. The number of amides is 1. The number of carbonyl (C=O) groups excluding carboxylic acids is 1. The van der Waals surface area contributed by atoms with Crippen LogP contribution < -0.4 is 15.0 Å². The SMILES string of the molecule is COc1cc(-c2nc3sc4c(c3c(=O)[nH]2)CCC(C(C)(C)C)C4)ccc1OCC(=O)N1CCCCC1. The standard InChI is InChI=1S/C28H35N3O4S/c1-28(2,3)18-9-10-19-22(15-18)36-27-24(19)26(33)29-25(30-27)17-8-11-20(21(14-17)34-4)35-16-23(32)31-12-6-5-7-13-31/h8,11,14,18H,5-7,9-10,12-13,15-16H2,1-4H3,(H,29,30,33). The van der Waals surface area contributed by atoms with Gasteiger partial charge in [-0.25, -0.2) is 4.98 Å².